The molecule has 0 bridgehead atoms. The van der Waals surface area contributed by atoms with Crippen molar-refractivity contribution in [3.8, 4) is 0 Å². The predicted molar refractivity (Wildman–Crippen MR) is 186 cm³/mol. The third-order valence-electron chi connectivity index (χ3n) is 7.89. The molecule has 1 N–H and O–H groups in total. The Morgan fingerprint density at radius 1 is 0.826 bits per heavy atom. The molecule has 0 spiro atoms. The number of halogens is 2. The van der Waals surface area contributed by atoms with Crippen LogP contribution in [0.2, 0.25) is 10.0 Å². The van der Waals surface area contributed by atoms with Gasteiger partial charge in [-0.15, -0.1) is 0 Å². The molecular weight excluding hydrogens is 641 g/mol. The molecule has 0 aliphatic heterocycles. The van der Waals surface area contributed by atoms with Gasteiger partial charge >= 0.3 is 0 Å². The van der Waals surface area contributed by atoms with Crippen LogP contribution in [0.1, 0.15) is 42.0 Å². The van der Waals surface area contributed by atoms with Gasteiger partial charge in [0.2, 0.25) is 11.8 Å². The van der Waals surface area contributed by atoms with Crippen LogP contribution in [0.4, 0.5) is 5.69 Å². The smallest absolute Gasteiger partial charge is 0.264 e. The Bertz CT molecular complexity index is 1750. The highest BCUT2D eigenvalue weighted by Gasteiger charge is 2.35. The quantitative estimate of drug-likeness (QED) is 0.141. The van der Waals surface area contributed by atoms with E-state index in [1.165, 1.54) is 17.0 Å². The molecule has 0 aromatic heterocycles. The summed E-state index contributed by atoms with van der Waals surface area (Å²) < 4.78 is 29.6. The van der Waals surface area contributed by atoms with Crippen LogP contribution >= 0.6 is 23.2 Å². The standard InChI is InChI=1S/C36H39Cl2N3O4S/c1-4-5-21-39-36(43)34(23-28-14-8-6-9-15-28)40(24-29-19-20-31(37)32(38)22-29)35(42)25-41(33-18-12-13-26(2)27(33)3)46(44,45)30-16-10-7-11-17-30/h6-20,22,34H,4-5,21,23-25H2,1-3H3,(H,39,43). The number of aryl methyl sites for hydroxylation is 1. The SMILES string of the molecule is CCCCNC(=O)C(Cc1ccccc1)N(Cc1ccc(Cl)c(Cl)c1)C(=O)CN(c1cccc(C)c1C)S(=O)(=O)c1ccccc1. The highest BCUT2D eigenvalue weighted by atomic mass is 35.5. The van der Waals surface area contributed by atoms with Crippen molar-refractivity contribution in [1.82, 2.24) is 10.2 Å². The van der Waals surface area contributed by atoms with Crippen molar-refractivity contribution in [2.24, 2.45) is 0 Å². The van der Waals surface area contributed by atoms with E-state index in [1.54, 1.807) is 48.5 Å². The zero-order chi connectivity index (χ0) is 33.3. The van der Waals surface area contributed by atoms with E-state index in [-0.39, 0.29) is 23.8 Å². The normalized spacial score (nSPS) is 11.9. The summed E-state index contributed by atoms with van der Waals surface area (Å²) in [6, 6.07) is 26.9. The Labute approximate surface area is 282 Å². The number of sulfonamides is 1. The first kappa shape index (κ1) is 35.0. The number of hydrogen-bond donors (Lipinski definition) is 1. The summed E-state index contributed by atoms with van der Waals surface area (Å²) in [5.74, 6) is -0.868. The molecule has 1 atom stereocenters. The van der Waals surface area contributed by atoms with Crippen LogP contribution in [-0.2, 0) is 32.6 Å². The minimum atomic E-state index is -4.18. The summed E-state index contributed by atoms with van der Waals surface area (Å²) in [4.78, 5) is 30.0. The van der Waals surface area contributed by atoms with E-state index in [1.807, 2.05) is 57.2 Å². The van der Waals surface area contributed by atoms with Crippen LogP contribution in [0.15, 0.2) is 102 Å². The van der Waals surface area contributed by atoms with Gasteiger partial charge in [-0.05, 0) is 72.9 Å². The van der Waals surface area contributed by atoms with Gasteiger partial charge in [-0.1, -0.05) is 103 Å². The second-order valence-electron chi connectivity index (χ2n) is 11.2. The Hall–Kier alpha value is -3.85. The van der Waals surface area contributed by atoms with Crippen LogP contribution < -0.4 is 9.62 Å². The predicted octanol–water partition coefficient (Wildman–Crippen LogP) is 7.36. The molecule has 4 aromatic carbocycles. The minimum absolute atomic E-state index is 0.000441. The summed E-state index contributed by atoms with van der Waals surface area (Å²) in [5.41, 5.74) is 3.49. The highest BCUT2D eigenvalue weighted by molar-refractivity contribution is 7.92. The molecule has 242 valence electrons. The highest BCUT2D eigenvalue weighted by Crippen LogP contribution is 2.30. The number of carbonyl (C=O) groups is 2. The maximum absolute atomic E-state index is 14.6. The molecule has 10 heteroatoms. The Morgan fingerprint density at radius 2 is 1.50 bits per heavy atom. The minimum Gasteiger partial charge on any atom is -0.354 e. The van der Waals surface area contributed by atoms with Crippen molar-refractivity contribution in [2.45, 2.75) is 57.5 Å². The molecule has 0 saturated carbocycles. The van der Waals surface area contributed by atoms with Gasteiger partial charge in [-0.3, -0.25) is 13.9 Å². The van der Waals surface area contributed by atoms with Crippen LogP contribution in [0.3, 0.4) is 0 Å². The molecule has 0 radical (unpaired) electrons. The first-order valence-corrected chi connectivity index (χ1v) is 17.4. The zero-order valence-corrected chi connectivity index (χ0v) is 28.6. The number of anilines is 1. The van der Waals surface area contributed by atoms with Gasteiger partial charge in [0.05, 0.1) is 20.6 Å². The summed E-state index contributed by atoms with van der Waals surface area (Å²) in [6.45, 7) is 5.67. The molecule has 7 nitrogen and oxygen atoms in total. The Morgan fingerprint density at radius 3 is 2.15 bits per heavy atom. The topological polar surface area (TPSA) is 86.8 Å². The van der Waals surface area contributed by atoms with Gasteiger partial charge in [0.1, 0.15) is 12.6 Å². The number of hydrogen-bond acceptors (Lipinski definition) is 4. The van der Waals surface area contributed by atoms with Gasteiger partial charge < -0.3 is 10.2 Å². The Balaban J connectivity index is 1.83. The fourth-order valence-corrected chi connectivity index (χ4v) is 6.95. The van der Waals surface area contributed by atoms with Crippen molar-refractivity contribution in [3.63, 3.8) is 0 Å². The van der Waals surface area contributed by atoms with E-state index in [0.29, 0.717) is 27.8 Å². The zero-order valence-electron chi connectivity index (χ0n) is 26.2. The lowest BCUT2D eigenvalue weighted by Crippen LogP contribution is -2.53. The maximum Gasteiger partial charge on any atom is 0.264 e. The number of nitrogens with zero attached hydrogens (tertiary/aromatic N) is 2. The number of amides is 2. The molecule has 4 rings (SSSR count). The van der Waals surface area contributed by atoms with Crippen molar-refractivity contribution in [3.05, 3.63) is 129 Å². The average molecular weight is 681 g/mol. The first-order chi connectivity index (χ1) is 22.0. The fourth-order valence-electron chi connectivity index (χ4n) is 5.13. The third-order valence-corrected chi connectivity index (χ3v) is 10.4. The van der Waals surface area contributed by atoms with Crippen molar-refractivity contribution < 1.29 is 18.0 Å². The lowest BCUT2D eigenvalue weighted by molar-refractivity contribution is -0.140. The second-order valence-corrected chi connectivity index (χ2v) is 13.8. The molecule has 46 heavy (non-hydrogen) atoms. The molecule has 1 unspecified atom stereocenters. The summed E-state index contributed by atoms with van der Waals surface area (Å²) in [5, 5.41) is 3.66. The van der Waals surface area contributed by atoms with E-state index in [0.717, 1.165) is 33.8 Å². The maximum atomic E-state index is 14.6. The molecule has 0 aliphatic carbocycles. The van der Waals surface area contributed by atoms with Crippen molar-refractivity contribution in [2.75, 3.05) is 17.4 Å². The largest absolute Gasteiger partial charge is 0.354 e. The van der Waals surface area contributed by atoms with E-state index >= 15 is 0 Å². The lowest BCUT2D eigenvalue weighted by atomic mass is 10.0. The van der Waals surface area contributed by atoms with Gasteiger partial charge in [-0.2, -0.15) is 0 Å². The van der Waals surface area contributed by atoms with Gasteiger partial charge in [0, 0.05) is 19.5 Å². The first-order valence-electron chi connectivity index (χ1n) is 15.2. The van der Waals surface area contributed by atoms with Gasteiger partial charge in [-0.25, -0.2) is 8.42 Å². The Kier molecular flexibility index (Phi) is 12.3. The second kappa shape index (κ2) is 16.1. The summed E-state index contributed by atoms with van der Waals surface area (Å²) in [7, 11) is -4.18. The summed E-state index contributed by atoms with van der Waals surface area (Å²) >= 11 is 12.5. The average Bonchev–Trinajstić information content (AvgIpc) is 3.05. The molecule has 0 fully saturated rings. The number of unbranched alkanes of at least 4 members (excludes halogenated alkanes) is 1. The monoisotopic (exact) mass is 679 g/mol. The number of nitrogens with one attached hydrogen (secondary N) is 1. The fraction of sp³-hybridized carbons (Fsp3) is 0.278. The summed E-state index contributed by atoms with van der Waals surface area (Å²) in [6.07, 6.45) is 1.89. The molecular formula is C36H39Cl2N3O4S. The number of rotatable bonds is 14. The molecule has 0 aliphatic rings. The van der Waals surface area contributed by atoms with Crippen LogP contribution in [0.25, 0.3) is 0 Å². The van der Waals surface area contributed by atoms with E-state index in [4.69, 9.17) is 23.2 Å². The van der Waals surface area contributed by atoms with E-state index in [9.17, 15) is 18.0 Å². The van der Waals surface area contributed by atoms with Gasteiger partial charge in [0.15, 0.2) is 0 Å². The van der Waals surface area contributed by atoms with Crippen molar-refractivity contribution in [1.29, 1.82) is 0 Å². The van der Waals surface area contributed by atoms with E-state index < -0.39 is 28.5 Å². The van der Waals surface area contributed by atoms with Crippen molar-refractivity contribution >= 4 is 50.7 Å². The number of carbonyl (C=O) groups excluding carboxylic acids is 2. The third kappa shape index (κ3) is 8.69. The molecule has 4 aromatic rings. The van der Waals surface area contributed by atoms with Crippen LogP contribution in [-0.4, -0.2) is 44.3 Å². The molecule has 2 amide bonds. The van der Waals surface area contributed by atoms with Crippen LogP contribution in [0.5, 0.6) is 0 Å². The molecule has 0 saturated heterocycles. The number of benzene rings is 4. The van der Waals surface area contributed by atoms with Crippen LogP contribution in [0, 0.1) is 13.8 Å². The van der Waals surface area contributed by atoms with Gasteiger partial charge in [0.25, 0.3) is 10.0 Å². The molecule has 0 heterocycles. The van der Waals surface area contributed by atoms with E-state index in [2.05, 4.69) is 5.32 Å². The lowest BCUT2D eigenvalue weighted by Gasteiger charge is -2.34.